The van der Waals surface area contributed by atoms with Gasteiger partial charge >= 0.3 is 0 Å². The summed E-state index contributed by atoms with van der Waals surface area (Å²) in [5, 5.41) is 13.1. The first-order valence-corrected chi connectivity index (χ1v) is 40.0. The van der Waals surface area contributed by atoms with E-state index in [1.165, 1.54) is 213 Å². The van der Waals surface area contributed by atoms with Gasteiger partial charge in [-0.1, -0.05) is 217 Å². The lowest BCUT2D eigenvalue weighted by atomic mass is 9.33. The number of allylic oxidation sites excluding steroid dienone is 8. The Bertz CT molecular complexity index is 5700. The lowest BCUT2D eigenvalue weighted by Crippen LogP contribution is -2.65. The molecular formula is C100H87BN4. The Morgan fingerprint density at radius 3 is 1.28 bits per heavy atom. The van der Waals surface area contributed by atoms with Gasteiger partial charge in [-0.3, -0.25) is 0 Å². The summed E-state index contributed by atoms with van der Waals surface area (Å²) in [5.41, 5.74) is 29.0. The maximum atomic E-state index is 3.06. The lowest BCUT2D eigenvalue weighted by Gasteiger charge is -2.53. The highest BCUT2D eigenvalue weighted by molar-refractivity contribution is 7.00. The number of anilines is 4. The van der Waals surface area contributed by atoms with E-state index in [4.69, 9.17) is 0 Å². The molecule has 6 aliphatic carbocycles. The van der Waals surface area contributed by atoms with Gasteiger partial charge in [-0.15, -0.1) is 0 Å². The lowest BCUT2D eigenvalue weighted by molar-refractivity contribution is 0.391. The van der Waals surface area contributed by atoms with Crippen LogP contribution in [0.5, 0.6) is 0 Å². The first-order valence-electron chi connectivity index (χ1n) is 40.0. The van der Waals surface area contributed by atoms with Gasteiger partial charge < -0.3 is 18.9 Å². The topological polar surface area (TPSA) is 16.3 Å². The van der Waals surface area contributed by atoms with Crippen LogP contribution >= 0.6 is 0 Å². The fourth-order valence-corrected chi connectivity index (χ4v) is 22.0. The summed E-state index contributed by atoms with van der Waals surface area (Å²) >= 11 is 0. The molecule has 22 rings (SSSR count). The van der Waals surface area contributed by atoms with Crippen LogP contribution in [0.3, 0.4) is 0 Å². The summed E-state index contributed by atoms with van der Waals surface area (Å²) in [6, 6.07) is 88.8. The summed E-state index contributed by atoms with van der Waals surface area (Å²) < 4.78 is 5.19. The molecule has 2 aromatic heterocycles. The van der Waals surface area contributed by atoms with E-state index in [9.17, 15) is 0 Å². The van der Waals surface area contributed by atoms with Crippen molar-refractivity contribution in [2.24, 2.45) is 23.7 Å². The fraction of sp³-hybridized carbons (Fsp3) is 0.240. The minimum atomic E-state index is -0.0708. The molecule has 105 heavy (non-hydrogen) atoms. The van der Waals surface area contributed by atoms with Crippen molar-refractivity contribution in [1.82, 2.24) is 9.13 Å². The van der Waals surface area contributed by atoms with Crippen molar-refractivity contribution in [2.45, 2.75) is 128 Å². The van der Waals surface area contributed by atoms with Gasteiger partial charge in [0.1, 0.15) is 0 Å². The average molecular weight is 1360 g/mol. The van der Waals surface area contributed by atoms with E-state index in [1.807, 2.05) is 0 Å². The third-order valence-corrected chi connectivity index (χ3v) is 26.6. The zero-order valence-corrected chi connectivity index (χ0v) is 60.0. The molecule has 0 bridgehead atoms. The molecule has 0 amide bonds. The molecule has 0 N–H and O–H groups in total. The molecule has 6 unspecified atom stereocenters. The molecule has 0 saturated carbocycles. The first-order chi connectivity index (χ1) is 52.1. The Morgan fingerprint density at radius 1 is 0.324 bits per heavy atom. The Kier molecular flexibility index (Phi) is 14.7. The number of fused-ring (bicyclic) bond motifs is 10. The van der Waals surface area contributed by atoms with Crippen LogP contribution in [0.25, 0.3) is 110 Å². The number of rotatable bonds is 10. The van der Waals surface area contributed by atoms with Crippen LogP contribution < -0.4 is 26.2 Å². The largest absolute Gasteiger partial charge is 0.334 e. The van der Waals surface area contributed by atoms with Crippen LogP contribution in [-0.4, -0.2) is 27.9 Å². The second-order valence-electron chi connectivity index (χ2n) is 32.1. The fourth-order valence-electron chi connectivity index (χ4n) is 22.0. The molecule has 14 aromatic rings. The van der Waals surface area contributed by atoms with E-state index in [0.29, 0.717) is 23.7 Å². The second kappa shape index (κ2) is 25.0. The predicted molar refractivity (Wildman–Crippen MR) is 447 cm³/mol. The molecule has 510 valence electrons. The number of nitrogens with zero attached hydrogens (tertiary/aromatic N) is 4. The summed E-state index contributed by atoms with van der Waals surface area (Å²) in [6.45, 7) is -0.0708. The van der Waals surface area contributed by atoms with Crippen molar-refractivity contribution in [2.75, 3.05) is 9.80 Å². The Hall–Kier alpha value is -10.6. The quantitative estimate of drug-likeness (QED) is 0.0771. The number of hydrogen-bond donors (Lipinski definition) is 0. The van der Waals surface area contributed by atoms with Crippen molar-refractivity contribution in [3.8, 4) is 33.6 Å². The number of benzene rings is 12. The van der Waals surface area contributed by atoms with E-state index in [2.05, 4.69) is 292 Å². The van der Waals surface area contributed by atoms with Gasteiger partial charge in [-0.2, -0.15) is 0 Å². The maximum absolute atomic E-state index is 3.06. The molecule has 0 saturated heterocycles. The van der Waals surface area contributed by atoms with E-state index < -0.39 is 0 Å². The number of hydrogen-bond acceptors (Lipinski definition) is 2. The molecule has 12 aromatic carbocycles. The van der Waals surface area contributed by atoms with Gasteiger partial charge in [0.05, 0.1) is 34.2 Å². The van der Waals surface area contributed by atoms with E-state index in [0.717, 1.165) is 51.4 Å². The molecule has 6 atom stereocenters. The van der Waals surface area contributed by atoms with E-state index >= 15 is 0 Å². The molecule has 0 spiro atoms. The van der Waals surface area contributed by atoms with Crippen molar-refractivity contribution in [3.63, 3.8) is 0 Å². The molecule has 0 radical (unpaired) electrons. The van der Waals surface area contributed by atoms with Gasteiger partial charge in [0.15, 0.2) is 0 Å². The van der Waals surface area contributed by atoms with Crippen LogP contribution in [-0.2, 0) is 0 Å². The number of aromatic nitrogens is 2. The highest BCUT2D eigenvalue weighted by atomic mass is 15.2. The van der Waals surface area contributed by atoms with Crippen LogP contribution in [0, 0.1) is 23.7 Å². The van der Waals surface area contributed by atoms with Crippen LogP contribution in [0.15, 0.2) is 295 Å². The zero-order valence-electron chi connectivity index (χ0n) is 60.0. The van der Waals surface area contributed by atoms with E-state index in [-0.39, 0.29) is 18.8 Å². The third kappa shape index (κ3) is 9.78. The summed E-state index contributed by atoms with van der Waals surface area (Å²) in [7, 11) is 0. The summed E-state index contributed by atoms with van der Waals surface area (Å²) in [5.74, 6) is 1.63. The standard InChI is InChI=1S/C100H87BN4/c1-5-25-65(26-6-1)76-40-23-41-77(66-27-7-2-8-28-66)99(76)104-92-62-74(102-88-45-17-13-36-80(88)81-37-14-18-46-89(81)102)55-57-86(92)101-87-58-56-75(103-90-47-19-15-38-82(90)83-39-16-20-48-91(83)103)63-93(87)105(100-78(67-29-9-3-10-30-67)42-24-43-79(100)68-31-11-4-12-32-68)95-61-73(60-94(104)98(95)101)64-49-51-69(52-50-64)85-59-72-35-21-33-70-53-54-71-34-22-44-84(85)97(71)96(70)72/h1,3,5,9,13-22,27,31,33-40,42,44-63,65,67,77,79,99-100H,2,4,6-8,10-12,23-26,28-30,32,41,43H2. The Morgan fingerprint density at radius 2 is 0.790 bits per heavy atom. The Labute approximate surface area is 617 Å². The van der Waals surface area contributed by atoms with Gasteiger partial charge in [0.25, 0.3) is 6.71 Å². The van der Waals surface area contributed by atoms with Crippen molar-refractivity contribution < 1.29 is 0 Å². The maximum Gasteiger partial charge on any atom is 0.252 e. The third-order valence-electron chi connectivity index (χ3n) is 26.6. The summed E-state index contributed by atoms with van der Waals surface area (Å²) in [4.78, 5) is 6.13. The van der Waals surface area contributed by atoms with Crippen LogP contribution in [0.2, 0.25) is 0 Å². The van der Waals surface area contributed by atoms with Crippen LogP contribution in [0.4, 0.5) is 22.7 Å². The minimum Gasteiger partial charge on any atom is -0.334 e. The second-order valence-corrected chi connectivity index (χ2v) is 32.1. The van der Waals surface area contributed by atoms with Crippen molar-refractivity contribution in [1.29, 1.82) is 0 Å². The highest BCUT2D eigenvalue weighted by Crippen LogP contribution is 2.54. The van der Waals surface area contributed by atoms with Crippen molar-refractivity contribution >= 4 is 122 Å². The van der Waals surface area contributed by atoms with Crippen molar-refractivity contribution in [3.05, 3.63) is 295 Å². The molecule has 0 fully saturated rings. The minimum absolute atomic E-state index is 0.0708. The van der Waals surface area contributed by atoms with Gasteiger partial charge in [-0.25, -0.2) is 0 Å². The smallest absolute Gasteiger partial charge is 0.252 e. The monoisotopic (exact) mass is 1350 g/mol. The van der Waals surface area contributed by atoms with Gasteiger partial charge in [-0.05, 0) is 276 Å². The predicted octanol–water partition coefficient (Wildman–Crippen LogP) is 24.7. The molecule has 4 heterocycles. The molecular weight excluding hydrogens is 1270 g/mol. The molecule has 2 aliphatic heterocycles. The molecule has 5 heteroatoms. The normalized spacial score (nSPS) is 21.7. The van der Waals surface area contributed by atoms with Gasteiger partial charge in [0, 0.05) is 67.5 Å². The SMILES string of the molecule is C1=CCC(C2=CCCC(C3=CCCCC3)C2N2c3cc(-n4c5ccccc5c5ccccc54)ccc3B3c4ccc(-n5c6ccccc6c6ccccc65)cc4N(C4C(C5CC=CCC5)=CCCC4C4=CCCCC4)c4cc(-c5ccc(-c6cc7cccc8ccc9cccc6c9c87)cc5)cc2c43)CC1. The first kappa shape index (κ1) is 61.8. The van der Waals surface area contributed by atoms with Gasteiger partial charge in [0.2, 0.25) is 0 Å². The zero-order chi connectivity index (χ0) is 68.8. The average Bonchev–Trinajstić information content (AvgIpc) is 0.892. The summed E-state index contributed by atoms with van der Waals surface area (Å²) in [6.07, 6.45) is 42.2. The molecule has 4 nitrogen and oxygen atoms in total. The highest BCUT2D eigenvalue weighted by Gasteiger charge is 2.51. The molecule has 8 aliphatic rings. The van der Waals surface area contributed by atoms with Crippen LogP contribution in [0.1, 0.15) is 116 Å². The van der Waals surface area contributed by atoms with E-state index in [1.54, 1.807) is 22.3 Å². The number of para-hydroxylation sites is 4. The Balaban J connectivity index is 0.856.